The molecule has 0 unspecified atom stereocenters. The molecule has 1 N–H and O–H groups in total. The molecule has 3 nitrogen and oxygen atoms in total. The monoisotopic (exact) mass is 142 g/mol. The van der Waals surface area contributed by atoms with Gasteiger partial charge in [-0.05, 0) is 0 Å². The molecule has 3 heteroatoms. The highest BCUT2D eigenvalue weighted by atomic mass is 16.1. The molecule has 10 heavy (non-hydrogen) atoms. The van der Waals surface area contributed by atoms with Crippen LogP contribution in [0.5, 0.6) is 0 Å². The van der Waals surface area contributed by atoms with Gasteiger partial charge < -0.3 is 5.32 Å². The number of hydrogen-bond donors (Lipinski definition) is 1. The molecule has 0 aliphatic rings. The Balaban J connectivity index is 0. The van der Waals surface area contributed by atoms with Crippen molar-refractivity contribution in [1.82, 2.24) is 5.32 Å². The van der Waals surface area contributed by atoms with Crippen molar-refractivity contribution in [3.63, 3.8) is 0 Å². The number of aliphatic imine (C=N–C) groups is 1. The van der Waals surface area contributed by atoms with Crippen LogP contribution in [0.15, 0.2) is 17.8 Å². The molecule has 0 fully saturated rings. The van der Waals surface area contributed by atoms with Crippen molar-refractivity contribution in [2.75, 3.05) is 0 Å². The molecule has 0 bridgehead atoms. The maximum absolute atomic E-state index is 10.1. The van der Waals surface area contributed by atoms with Gasteiger partial charge in [0.1, 0.15) is 0 Å². The lowest BCUT2D eigenvalue weighted by atomic mass is 10.7. The topological polar surface area (TPSA) is 41.5 Å². The molecular weight excluding hydrogens is 128 g/mol. The molecule has 0 aromatic carbocycles. The van der Waals surface area contributed by atoms with Crippen LogP contribution in [0, 0.1) is 0 Å². The van der Waals surface area contributed by atoms with E-state index in [0.717, 1.165) is 0 Å². The molecule has 0 aliphatic carbocycles. The fraction of sp³-hybridized carbons (Fsp3) is 0.429. The van der Waals surface area contributed by atoms with Gasteiger partial charge in [0, 0.05) is 13.1 Å². The fourth-order valence-electron chi connectivity index (χ4n) is 0.181. The number of rotatable bonds is 2. The Labute approximate surface area is 61.9 Å². The zero-order valence-corrected chi connectivity index (χ0v) is 6.72. The molecule has 1 amide bonds. The molecule has 0 atom stereocenters. The molecular formula is C7H14N2O. The average Bonchev–Trinajstić information content (AvgIpc) is 1.92. The van der Waals surface area contributed by atoms with Crippen LogP contribution in [0.1, 0.15) is 20.8 Å². The molecule has 0 rings (SSSR count). The summed E-state index contributed by atoms with van der Waals surface area (Å²) in [6.45, 7) is 8.72. The van der Waals surface area contributed by atoms with E-state index >= 15 is 0 Å². The smallest absolute Gasteiger partial charge is 0.221 e. The van der Waals surface area contributed by atoms with Crippen molar-refractivity contribution in [1.29, 1.82) is 0 Å². The quantitative estimate of drug-likeness (QED) is 0.458. The minimum atomic E-state index is -0.129. The van der Waals surface area contributed by atoms with Crippen molar-refractivity contribution in [2.45, 2.75) is 20.8 Å². The summed E-state index contributed by atoms with van der Waals surface area (Å²) >= 11 is 0. The first-order valence-electron chi connectivity index (χ1n) is 3.17. The van der Waals surface area contributed by atoms with Gasteiger partial charge in [-0.15, -0.1) is 0 Å². The number of carbonyl (C=O) groups is 1. The van der Waals surface area contributed by atoms with Gasteiger partial charge in [-0.3, -0.25) is 4.79 Å². The SMILES string of the molecule is C=CN=CNC(C)=O.CC. The maximum atomic E-state index is 10.1. The molecule has 0 saturated heterocycles. The van der Waals surface area contributed by atoms with Gasteiger partial charge in [-0.2, -0.15) is 0 Å². The number of carbonyl (C=O) groups excluding carboxylic acids is 1. The van der Waals surface area contributed by atoms with E-state index in [1.807, 2.05) is 13.8 Å². The van der Waals surface area contributed by atoms with E-state index in [2.05, 4.69) is 16.9 Å². The van der Waals surface area contributed by atoms with Crippen LogP contribution in [0.4, 0.5) is 0 Å². The predicted molar refractivity (Wildman–Crippen MR) is 43.9 cm³/mol. The van der Waals surface area contributed by atoms with Crippen LogP contribution in [0.25, 0.3) is 0 Å². The van der Waals surface area contributed by atoms with Crippen molar-refractivity contribution < 1.29 is 4.79 Å². The van der Waals surface area contributed by atoms with E-state index in [0.29, 0.717) is 0 Å². The van der Waals surface area contributed by atoms with Gasteiger partial charge in [-0.1, -0.05) is 20.4 Å². The summed E-state index contributed by atoms with van der Waals surface area (Å²) in [6, 6.07) is 0. The summed E-state index contributed by atoms with van der Waals surface area (Å²) < 4.78 is 0. The highest BCUT2D eigenvalue weighted by Crippen LogP contribution is 1.60. The first-order chi connectivity index (χ1) is 4.77. The second-order valence-corrected chi connectivity index (χ2v) is 1.16. The molecule has 58 valence electrons. The van der Waals surface area contributed by atoms with E-state index in [4.69, 9.17) is 0 Å². The standard InChI is InChI=1S/C5H8N2O.C2H6/c1-3-6-4-7-5(2)8;1-2/h3-4H,1H2,2H3,(H,6,7,8);1-2H3. The summed E-state index contributed by atoms with van der Waals surface area (Å²) in [5.41, 5.74) is 0. The van der Waals surface area contributed by atoms with Gasteiger partial charge in [0.25, 0.3) is 0 Å². The number of amides is 1. The average molecular weight is 142 g/mol. The van der Waals surface area contributed by atoms with Crippen LogP contribution in [0.3, 0.4) is 0 Å². The lowest BCUT2D eigenvalue weighted by molar-refractivity contribution is -0.117. The minimum absolute atomic E-state index is 0.129. The summed E-state index contributed by atoms with van der Waals surface area (Å²) in [4.78, 5) is 13.6. The molecule has 0 heterocycles. The van der Waals surface area contributed by atoms with Gasteiger partial charge in [0.15, 0.2) is 0 Å². The van der Waals surface area contributed by atoms with Gasteiger partial charge >= 0.3 is 0 Å². The minimum Gasteiger partial charge on any atom is -0.317 e. The first kappa shape index (κ1) is 11.6. The van der Waals surface area contributed by atoms with Crippen LogP contribution in [0.2, 0.25) is 0 Å². The highest BCUT2D eigenvalue weighted by molar-refractivity contribution is 5.85. The van der Waals surface area contributed by atoms with E-state index in [-0.39, 0.29) is 5.91 Å². The second-order valence-electron chi connectivity index (χ2n) is 1.16. The third-order valence-electron chi connectivity index (χ3n) is 0.448. The third kappa shape index (κ3) is 15.8. The molecule has 0 aliphatic heterocycles. The van der Waals surface area contributed by atoms with Crippen molar-refractivity contribution >= 4 is 12.2 Å². The summed E-state index contributed by atoms with van der Waals surface area (Å²) in [6.07, 6.45) is 2.63. The fourth-order valence-corrected chi connectivity index (χ4v) is 0.181. The predicted octanol–water partition coefficient (Wildman–Crippen LogP) is 1.32. The summed E-state index contributed by atoms with van der Waals surface area (Å²) in [7, 11) is 0. The second kappa shape index (κ2) is 10.8. The Hall–Kier alpha value is -1.12. The summed E-state index contributed by atoms with van der Waals surface area (Å²) in [5, 5.41) is 2.34. The summed E-state index contributed by atoms with van der Waals surface area (Å²) in [5.74, 6) is -0.129. The molecule has 0 saturated carbocycles. The highest BCUT2D eigenvalue weighted by Gasteiger charge is 1.78. The van der Waals surface area contributed by atoms with Crippen molar-refractivity contribution in [2.24, 2.45) is 4.99 Å². The van der Waals surface area contributed by atoms with E-state index in [9.17, 15) is 4.79 Å². The number of hydrogen-bond acceptors (Lipinski definition) is 2. The Morgan fingerprint density at radius 3 is 2.40 bits per heavy atom. The number of nitrogens with zero attached hydrogens (tertiary/aromatic N) is 1. The Bertz CT molecular complexity index is 119. The van der Waals surface area contributed by atoms with Crippen molar-refractivity contribution in [3.8, 4) is 0 Å². The maximum Gasteiger partial charge on any atom is 0.221 e. The zero-order chi connectivity index (χ0) is 8.41. The normalized spacial score (nSPS) is 7.90. The molecule has 0 aromatic heterocycles. The van der Waals surface area contributed by atoms with Crippen LogP contribution in [-0.4, -0.2) is 12.2 Å². The largest absolute Gasteiger partial charge is 0.317 e. The number of nitrogens with one attached hydrogen (secondary N) is 1. The lowest BCUT2D eigenvalue weighted by Gasteiger charge is -1.84. The van der Waals surface area contributed by atoms with Gasteiger partial charge in [0.05, 0.1) is 6.34 Å². The van der Waals surface area contributed by atoms with Crippen LogP contribution < -0.4 is 5.32 Å². The Morgan fingerprint density at radius 2 is 2.10 bits per heavy atom. The molecule has 0 radical (unpaired) electrons. The van der Waals surface area contributed by atoms with Crippen LogP contribution >= 0.6 is 0 Å². The first-order valence-corrected chi connectivity index (χ1v) is 3.17. The third-order valence-corrected chi connectivity index (χ3v) is 0.448. The van der Waals surface area contributed by atoms with Crippen LogP contribution in [-0.2, 0) is 4.79 Å². The van der Waals surface area contributed by atoms with E-state index < -0.39 is 0 Å². The molecule has 0 aromatic rings. The Kier molecular flexibility index (Phi) is 12.6. The van der Waals surface area contributed by atoms with E-state index in [1.165, 1.54) is 19.5 Å². The lowest BCUT2D eigenvalue weighted by Crippen LogP contribution is -2.16. The van der Waals surface area contributed by atoms with E-state index in [1.54, 1.807) is 0 Å². The molecule has 0 spiro atoms. The van der Waals surface area contributed by atoms with Crippen molar-refractivity contribution in [3.05, 3.63) is 12.8 Å². The van der Waals surface area contributed by atoms with Gasteiger partial charge in [0.2, 0.25) is 5.91 Å². The zero-order valence-electron chi connectivity index (χ0n) is 6.72. The Morgan fingerprint density at radius 1 is 1.60 bits per heavy atom. The van der Waals surface area contributed by atoms with Gasteiger partial charge in [-0.25, -0.2) is 4.99 Å².